The summed E-state index contributed by atoms with van der Waals surface area (Å²) in [4.78, 5) is 0. The van der Waals surface area contributed by atoms with E-state index in [-0.39, 0.29) is 11.0 Å². The molecule has 154 valence electrons. The van der Waals surface area contributed by atoms with E-state index in [1.54, 1.807) is 13.2 Å². The van der Waals surface area contributed by atoms with Crippen molar-refractivity contribution in [2.75, 3.05) is 7.11 Å². The molecular weight excluding hydrogens is 393 g/mol. The third-order valence-corrected chi connectivity index (χ3v) is 5.12. The minimum Gasteiger partial charge on any atom is -0.493 e. The van der Waals surface area contributed by atoms with Crippen LogP contribution in [0.2, 0.25) is 10.0 Å². The Balaban J connectivity index is 2.16. The zero-order valence-corrected chi connectivity index (χ0v) is 19.2. The third-order valence-electron chi connectivity index (χ3n) is 4.38. The van der Waals surface area contributed by atoms with Crippen molar-refractivity contribution in [3.63, 3.8) is 0 Å². The molecule has 28 heavy (non-hydrogen) atoms. The number of para-hydroxylation sites is 1. The van der Waals surface area contributed by atoms with Crippen molar-refractivity contribution < 1.29 is 9.47 Å². The molecule has 0 aromatic heterocycles. The van der Waals surface area contributed by atoms with Crippen LogP contribution in [0.3, 0.4) is 0 Å². The number of methoxy groups -OCH3 is 1. The Morgan fingerprint density at radius 2 is 1.68 bits per heavy atom. The van der Waals surface area contributed by atoms with Crippen LogP contribution in [0.1, 0.15) is 52.2 Å². The first-order valence-electron chi connectivity index (χ1n) is 9.48. The molecule has 0 saturated heterocycles. The summed E-state index contributed by atoms with van der Waals surface area (Å²) in [5, 5.41) is 4.72. The molecule has 3 nitrogen and oxygen atoms in total. The predicted octanol–water partition coefficient (Wildman–Crippen LogP) is 6.89. The van der Waals surface area contributed by atoms with E-state index in [0.717, 1.165) is 23.3 Å². The number of hydrogen-bond acceptors (Lipinski definition) is 3. The average molecular weight is 424 g/mol. The number of hydrogen-bond donors (Lipinski definition) is 1. The molecule has 2 rings (SSSR count). The number of nitrogens with one attached hydrogen (secondary N) is 1. The monoisotopic (exact) mass is 423 g/mol. The van der Waals surface area contributed by atoms with E-state index in [4.69, 9.17) is 32.7 Å². The van der Waals surface area contributed by atoms with Crippen LogP contribution < -0.4 is 14.8 Å². The maximum absolute atomic E-state index is 6.14. The molecule has 0 radical (unpaired) electrons. The van der Waals surface area contributed by atoms with Gasteiger partial charge in [0.1, 0.15) is 6.61 Å². The van der Waals surface area contributed by atoms with Gasteiger partial charge in [0.2, 0.25) is 0 Å². The van der Waals surface area contributed by atoms with E-state index in [1.165, 1.54) is 0 Å². The quantitative estimate of drug-likeness (QED) is 0.501. The van der Waals surface area contributed by atoms with Crippen LogP contribution in [0.15, 0.2) is 36.4 Å². The van der Waals surface area contributed by atoms with Crippen molar-refractivity contribution in [3.05, 3.63) is 57.6 Å². The Kier molecular flexibility index (Phi) is 7.66. The van der Waals surface area contributed by atoms with Gasteiger partial charge in [-0.1, -0.05) is 62.2 Å². The fourth-order valence-corrected chi connectivity index (χ4v) is 3.85. The normalized spacial score (nSPS) is 12.1. The second-order valence-corrected chi connectivity index (χ2v) is 9.77. The van der Waals surface area contributed by atoms with Crippen LogP contribution in [-0.4, -0.2) is 12.6 Å². The van der Waals surface area contributed by atoms with Gasteiger partial charge in [-0.25, -0.2) is 0 Å². The zero-order chi connectivity index (χ0) is 20.9. The molecule has 5 heteroatoms. The molecule has 0 bridgehead atoms. The van der Waals surface area contributed by atoms with Gasteiger partial charge in [-0.15, -0.1) is 0 Å². The second kappa shape index (κ2) is 9.39. The predicted molar refractivity (Wildman–Crippen MR) is 119 cm³/mol. The molecule has 0 heterocycles. The lowest BCUT2D eigenvalue weighted by Gasteiger charge is -2.33. The highest BCUT2D eigenvalue weighted by Gasteiger charge is 2.25. The van der Waals surface area contributed by atoms with Gasteiger partial charge in [0.25, 0.3) is 0 Å². The summed E-state index contributed by atoms with van der Waals surface area (Å²) >= 11 is 12.1. The van der Waals surface area contributed by atoms with Gasteiger partial charge in [-0.2, -0.15) is 0 Å². The average Bonchev–Trinajstić information content (AvgIpc) is 2.59. The first-order valence-corrected chi connectivity index (χ1v) is 10.2. The summed E-state index contributed by atoms with van der Waals surface area (Å²) in [7, 11) is 1.65. The molecule has 0 aliphatic heterocycles. The van der Waals surface area contributed by atoms with Crippen LogP contribution >= 0.6 is 23.2 Å². The minimum atomic E-state index is 0.00228. The lowest BCUT2D eigenvalue weighted by atomic mass is 9.82. The highest BCUT2D eigenvalue weighted by Crippen LogP contribution is 2.33. The SMILES string of the molecule is COc1cccc(CNC(C)(C)CC(C)(C)C)c1OCc1ccc(Cl)c(Cl)c1. The van der Waals surface area contributed by atoms with Crippen LogP contribution in [0.25, 0.3) is 0 Å². The number of ether oxygens (including phenoxy) is 2. The van der Waals surface area contributed by atoms with Gasteiger partial charge in [-0.3, -0.25) is 0 Å². The van der Waals surface area contributed by atoms with Crippen LogP contribution in [-0.2, 0) is 13.2 Å². The smallest absolute Gasteiger partial charge is 0.166 e. The van der Waals surface area contributed by atoms with Gasteiger partial charge in [-0.05, 0) is 49.4 Å². The fourth-order valence-electron chi connectivity index (χ4n) is 3.53. The minimum absolute atomic E-state index is 0.00228. The molecule has 0 atom stereocenters. The molecule has 0 amide bonds. The molecular formula is C23H31Cl2NO2. The van der Waals surface area contributed by atoms with E-state index >= 15 is 0 Å². The van der Waals surface area contributed by atoms with E-state index in [1.807, 2.05) is 24.3 Å². The van der Waals surface area contributed by atoms with Crippen LogP contribution in [0, 0.1) is 5.41 Å². The first-order chi connectivity index (χ1) is 13.0. The summed E-state index contributed by atoms with van der Waals surface area (Å²) < 4.78 is 11.7. The van der Waals surface area contributed by atoms with E-state index in [9.17, 15) is 0 Å². The van der Waals surface area contributed by atoms with E-state index in [2.05, 4.69) is 46.0 Å². The Labute approximate surface area is 179 Å². The Hall–Kier alpha value is -1.42. The Morgan fingerprint density at radius 3 is 2.29 bits per heavy atom. The standard InChI is InChI=1S/C23H31Cl2NO2/c1-22(2,3)15-23(4,5)26-13-17-8-7-9-20(27-6)21(17)28-14-16-10-11-18(24)19(25)12-16/h7-12,26H,13-15H2,1-6H3. The molecule has 0 saturated carbocycles. The maximum atomic E-state index is 6.14. The van der Waals surface area contributed by atoms with Crippen LogP contribution in [0.5, 0.6) is 11.5 Å². The molecule has 2 aromatic carbocycles. The van der Waals surface area contributed by atoms with Gasteiger partial charge in [0.15, 0.2) is 11.5 Å². The zero-order valence-electron chi connectivity index (χ0n) is 17.7. The van der Waals surface area contributed by atoms with Crippen molar-refractivity contribution in [2.24, 2.45) is 5.41 Å². The van der Waals surface area contributed by atoms with Crippen molar-refractivity contribution in [1.82, 2.24) is 5.32 Å². The van der Waals surface area contributed by atoms with Gasteiger partial charge >= 0.3 is 0 Å². The molecule has 0 fully saturated rings. The Bertz CT molecular complexity index is 798. The fraction of sp³-hybridized carbons (Fsp3) is 0.478. The van der Waals surface area contributed by atoms with Crippen molar-refractivity contribution >= 4 is 23.2 Å². The largest absolute Gasteiger partial charge is 0.493 e. The highest BCUT2D eigenvalue weighted by atomic mass is 35.5. The van der Waals surface area contributed by atoms with E-state index in [0.29, 0.717) is 28.9 Å². The molecule has 1 N–H and O–H groups in total. The molecule has 0 spiro atoms. The second-order valence-electron chi connectivity index (χ2n) is 8.96. The molecule has 0 aliphatic carbocycles. The molecule has 2 aromatic rings. The molecule has 0 aliphatic rings. The van der Waals surface area contributed by atoms with Crippen LogP contribution in [0.4, 0.5) is 0 Å². The summed E-state index contributed by atoms with van der Waals surface area (Å²) in [6.45, 7) is 12.3. The van der Waals surface area contributed by atoms with Gasteiger partial charge in [0, 0.05) is 17.6 Å². The summed E-state index contributed by atoms with van der Waals surface area (Å²) in [6, 6.07) is 11.5. The van der Waals surface area contributed by atoms with Crippen molar-refractivity contribution in [2.45, 2.75) is 59.7 Å². The summed E-state index contributed by atoms with van der Waals surface area (Å²) in [5.41, 5.74) is 2.26. The van der Waals surface area contributed by atoms with Crippen molar-refractivity contribution in [1.29, 1.82) is 0 Å². The van der Waals surface area contributed by atoms with Gasteiger partial charge in [0.05, 0.1) is 17.2 Å². The number of benzene rings is 2. The van der Waals surface area contributed by atoms with E-state index < -0.39 is 0 Å². The third kappa shape index (κ3) is 6.88. The van der Waals surface area contributed by atoms with Crippen molar-refractivity contribution in [3.8, 4) is 11.5 Å². The Morgan fingerprint density at radius 1 is 0.964 bits per heavy atom. The summed E-state index contributed by atoms with van der Waals surface area (Å²) in [6.07, 6.45) is 1.06. The lowest BCUT2D eigenvalue weighted by molar-refractivity contribution is 0.237. The summed E-state index contributed by atoms with van der Waals surface area (Å²) in [5.74, 6) is 1.46. The number of halogens is 2. The highest BCUT2D eigenvalue weighted by molar-refractivity contribution is 6.42. The topological polar surface area (TPSA) is 30.5 Å². The van der Waals surface area contributed by atoms with Gasteiger partial charge < -0.3 is 14.8 Å². The lowest BCUT2D eigenvalue weighted by Crippen LogP contribution is -2.41. The molecule has 0 unspecified atom stereocenters. The first kappa shape index (κ1) is 22.9. The maximum Gasteiger partial charge on any atom is 0.166 e. The number of rotatable bonds is 8.